The summed E-state index contributed by atoms with van der Waals surface area (Å²) in [7, 11) is 1.86. The number of ether oxygens (including phenoxy) is 1. The van der Waals surface area contributed by atoms with Gasteiger partial charge in [-0.25, -0.2) is 9.97 Å². The van der Waals surface area contributed by atoms with E-state index >= 15 is 0 Å². The molecule has 1 aromatic heterocycles. The van der Waals surface area contributed by atoms with Crippen LogP contribution in [0.25, 0.3) is 0 Å². The van der Waals surface area contributed by atoms with Gasteiger partial charge in [0.15, 0.2) is 0 Å². The molecule has 6 nitrogen and oxygen atoms in total. The zero-order valence-electron chi connectivity index (χ0n) is 11.9. The van der Waals surface area contributed by atoms with Crippen LogP contribution in [-0.2, 0) is 4.74 Å². The molecule has 1 aliphatic heterocycles. The molecule has 1 aliphatic rings. The van der Waals surface area contributed by atoms with Crippen LogP contribution >= 0.6 is 0 Å². The van der Waals surface area contributed by atoms with Crippen molar-refractivity contribution in [3.05, 3.63) is 11.9 Å². The van der Waals surface area contributed by atoms with Gasteiger partial charge in [-0.05, 0) is 13.8 Å². The van der Waals surface area contributed by atoms with Gasteiger partial charge >= 0.3 is 0 Å². The molecular weight excluding hydrogens is 242 g/mol. The smallest absolute Gasteiger partial charge is 0.132 e. The van der Waals surface area contributed by atoms with Gasteiger partial charge in [-0.3, -0.25) is 4.90 Å². The number of rotatable bonds is 5. The first kappa shape index (κ1) is 14.0. The lowest BCUT2D eigenvalue weighted by atomic mass is 10.3. The maximum atomic E-state index is 5.35. The third kappa shape index (κ3) is 4.33. The van der Waals surface area contributed by atoms with Gasteiger partial charge in [-0.1, -0.05) is 0 Å². The van der Waals surface area contributed by atoms with Gasteiger partial charge < -0.3 is 15.4 Å². The van der Waals surface area contributed by atoms with E-state index < -0.39 is 0 Å². The Morgan fingerprint density at radius 2 is 2.00 bits per heavy atom. The Hall–Kier alpha value is -1.40. The van der Waals surface area contributed by atoms with Crippen molar-refractivity contribution in [3.8, 4) is 0 Å². The SMILES string of the molecule is CNc1cc(NC(C)CN2CCOCC2)nc(C)n1. The fraction of sp³-hybridized carbons (Fsp3) is 0.692. The van der Waals surface area contributed by atoms with Crippen LogP contribution < -0.4 is 10.6 Å². The van der Waals surface area contributed by atoms with Gasteiger partial charge in [0.25, 0.3) is 0 Å². The van der Waals surface area contributed by atoms with Crippen molar-refractivity contribution >= 4 is 11.6 Å². The highest BCUT2D eigenvalue weighted by Crippen LogP contribution is 2.12. The molecule has 1 saturated heterocycles. The number of aryl methyl sites for hydroxylation is 1. The standard InChI is InChI=1S/C13H23N5O/c1-10(9-18-4-6-19-7-5-18)15-13-8-12(14-3)16-11(2)17-13/h8,10H,4-7,9H2,1-3H3,(H2,14,15,16,17). The average molecular weight is 265 g/mol. The number of nitrogens with one attached hydrogen (secondary N) is 2. The Bertz CT molecular complexity index is 406. The highest BCUT2D eigenvalue weighted by molar-refractivity contribution is 5.47. The Morgan fingerprint density at radius 3 is 2.68 bits per heavy atom. The van der Waals surface area contributed by atoms with Crippen molar-refractivity contribution < 1.29 is 4.74 Å². The minimum Gasteiger partial charge on any atom is -0.379 e. The van der Waals surface area contributed by atoms with Crippen LogP contribution in [0.15, 0.2) is 6.07 Å². The van der Waals surface area contributed by atoms with Crippen molar-refractivity contribution in [3.63, 3.8) is 0 Å². The largest absolute Gasteiger partial charge is 0.379 e. The predicted molar refractivity (Wildman–Crippen MR) is 76.7 cm³/mol. The summed E-state index contributed by atoms with van der Waals surface area (Å²) in [6.07, 6.45) is 0. The summed E-state index contributed by atoms with van der Waals surface area (Å²) < 4.78 is 5.35. The Balaban J connectivity index is 1.90. The fourth-order valence-electron chi connectivity index (χ4n) is 2.24. The lowest BCUT2D eigenvalue weighted by Gasteiger charge is -2.29. The van der Waals surface area contributed by atoms with E-state index in [0.29, 0.717) is 6.04 Å². The summed E-state index contributed by atoms with van der Waals surface area (Å²) in [6.45, 7) is 8.77. The van der Waals surface area contributed by atoms with Crippen LogP contribution in [0.3, 0.4) is 0 Å². The van der Waals surface area contributed by atoms with Gasteiger partial charge in [0.05, 0.1) is 13.2 Å². The molecular formula is C13H23N5O. The zero-order chi connectivity index (χ0) is 13.7. The van der Waals surface area contributed by atoms with E-state index in [0.717, 1.165) is 50.3 Å². The first-order valence-corrected chi connectivity index (χ1v) is 6.77. The summed E-state index contributed by atoms with van der Waals surface area (Å²) in [4.78, 5) is 11.1. The van der Waals surface area contributed by atoms with Crippen molar-refractivity contribution in [1.29, 1.82) is 0 Å². The second-order valence-corrected chi connectivity index (χ2v) is 4.89. The molecule has 0 aromatic carbocycles. The maximum absolute atomic E-state index is 5.35. The second kappa shape index (κ2) is 6.68. The average Bonchev–Trinajstić information content (AvgIpc) is 2.38. The number of hydrogen-bond donors (Lipinski definition) is 2. The Labute approximate surface area is 114 Å². The van der Waals surface area contributed by atoms with Gasteiger partial charge in [0.1, 0.15) is 17.5 Å². The minimum atomic E-state index is 0.345. The molecule has 0 bridgehead atoms. The molecule has 6 heteroatoms. The molecule has 0 aliphatic carbocycles. The third-order valence-corrected chi connectivity index (χ3v) is 3.12. The molecule has 1 aromatic rings. The van der Waals surface area contributed by atoms with Gasteiger partial charge in [0, 0.05) is 38.8 Å². The second-order valence-electron chi connectivity index (χ2n) is 4.89. The summed E-state index contributed by atoms with van der Waals surface area (Å²) in [6, 6.07) is 2.28. The Morgan fingerprint density at radius 1 is 1.32 bits per heavy atom. The van der Waals surface area contributed by atoms with Crippen LogP contribution in [0.5, 0.6) is 0 Å². The number of hydrogen-bond acceptors (Lipinski definition) is 6. The lowest BCUT2D eigenvalue weighted by Crippen LogP contribution is -2.42. The van der Waals surface area contributed by atoms with Crippen molar-refractivity contribution in [2.24, 2.45) is 0 Å². The minimum absolute atomic E-state index is 0.345. The van der Waals surface area contributed by atoms with E-state index in [1.54, 1.807) is 0 Å². The molecule has 106 valence electrons. The molecule has 2 rings (SSSR count). The fourth-order valence-corrected chi connectivity index (χ4v) is 2.24. The van der Waals surface area contributed by atoms with Gasteiger partial charge in [-0.2, -0.15) is 0 Å². The van der Waals surface area contributed by atoms with Crippen LogP contribution in [0.2, 0.25) is 0 Å². The summed E-state index contributed by atoms with van der Waals surface area (Å²) >= 11 is 0. The molecule has 2 heterocycles. The van der Waals surface area contributed by atoms with Crippen molar-refractivity contribution in [1.82, 2.24) is 14.9 Å². The van der Waals surface area contributed by atoms with E-state index in [1.807, 2.05) is 20.0 Å². The van der Waals surface area contributed by atoms with E-state index in [9.17, 15) is 0 Å². The molecule has 2 N–H and O–H groups in total. The summed E-state index contributed by atoms with van der Waals surface area (Å²) in [5.74, 6) is 2.49. The van der Waals surface area contributed by atoms with Crippen LogP contribution in [0.4, 0.5) is 11.6 Å². The molecule has 0 radical (unpaired) electrons. The molecule has 1 atom stereocenters. The van der Waals surface area contributed by atoms with E-state index in [4.69, 9.17) is 4.74 Å². The quantitative estimate of drug-likeness (QED) is 0.827. The van der Waals surface area contributed by atoms with Crippen LogP contribution in [0, 0.1) is 6.92 Å². The van der Waals surface area contributed by atoms with E-state index in [1.165, 1.54) is 0 Å². The highest BCUT2D eigenvalue weighted by Gasteiger charge is 2.14. The molecule has 0 saturated carbocycles. The molecule has 0 amide bonds. The monoisotopic (exact) mass is 265 g/mol. The molecule has 19 heavy (non-hydrogen) atoms. The normalized spacial score (nSPS) is 18.1. The first-order chi connectivity index (χ1) is 9.17. The molecule has 1 unspecified atom stereocenters. The lowest BCUT2D eigenvalue weighted by molar-refractivity contribution is 0.0368. The summed E-state index contributed by atoms with van der Waals surface area (Å²) in [5, 5.41) is 6.48. The van der Waals surface area contributed by atoms with Crippen LogP contribution in [-0.4, -0.2) is 60.8 Å². The summed E-state index contributed by atoms with van der Waals surface area (Å²) in [5.41, 5.74) is 0. The van der Waals surface area contributed by atoms with E-state index in [2.05, 4.69) is 32.4 Å². The van der Waals surface area contributed by atoms with Crippen molar-refractivity contribution in [2.75, 3.05) is 50.5 Å². The molecule has 1 fully saturated rings. The topological polar surface area (TPSA) is 62.3 Å². The Kier molecular flexibility index (Phi) is 4.93. The maximum Gasteiger partial charge on any atom is 0.132 e. The van der Waals surface area contributed by atoms with Gasteiger partial charge in [-0.15, -0.1) is 0 Å². The van der Waals surface area contributed by atoms with Crippen LogP contribution in [0.1, 0.15) is 12.7 Å². The predicted octanol–water partition coefficient (Wildman–Crippen LogP) is 0.959. The number of aromatic nitrogens is 2. The van der Waals surface area contributed by atoms with Gasteiger partial charge in [0.2, 0.25) is 0 Å². The van der Waals surface area contributed by atoms with Crippen molar-refractivity contribution in [2.45, 2.75) is 19.9 Å². The highest BCUT2D eigenvalue weighted by atomic mass is 16.5. The number of anilines is 2. The third-order valence-electron chi connectivity index (χ3n) is 3.12. The number of nitrogens with zero attached hydrogens (tertiary/aromatic N) is 3. The number of morpholine rings is 1. The van der Waals surface area contributed by atoms with E-state index in [-0.39, 0.29) is 0 Å². The first-order valence-electron chi connectivity index (χ1n) is 6.77. The molecule has 0 spiro atoms. The zero-order valence-corrected chi connectivity index (χ0v) is 11.9.